The number of nitrogens with one attached hydrogen (secondary N) is 2. The highest BCUT2D eigenvalue weighted by Gasteiger charge is 2.12. The highest BCUT2D eigenvalue weighted by Crippen LogP contribution is 2.22. The van der Waals surface area contributed by atoms with Crippen molar-refractivity contribution in [1.29, 1.82) is 5.26 Å². The predicted molar refractivity (Wildman–Crippen MR) is 121 cm³/mol. The summed E-state index contributed by atoms with van der Waals surface area (Å²) in [4.78, 5) is 26.5. The third-order valence-electron chi connectivity index (χ3n) is 4.99. The molecule has 2 aromatic rings. The normalized spacial score (nSPS) is 13.8. The van der Waals surface area contributed by atoms with E-state index in [4.69, 9.17) is 4.74 Å². The van der Waals surface area contributed by atoms with Gasteiger partial charge in [-0.05, 0) is 74.7 Å². The molecule has 2 aromatic carbocycles. The standard InChI is InChI=1S/C24H26N4O3/c1-2-31-24(30)18-6-8-21(9-7-18)27-23(29)19(16-25)17-26-20-10-12-22(13-11-20)28-14-4-3-5-15-28/h6-13,17,26H,2-5,14-15H2,1H3,(H,27,29)/b19-17-. The van der Waals surface area contributed by atoms with Crippen LogP contribution in [0.15, 0.2) is 60.3 Å². The Morgan fingerprint density at radius 1 is 1.03 bits per heavy atom. The minimum absolute atomic E-state index is 0.0606. The summed E-state index contributed by atoms with van der Waals surface area (Å²) in [5.41, 5.74) is 2.78. The van der Waals surface area contributed by atoms with Crippen LogP contribution in [-0.4, -0.2) is 31.6 Å². The van der Waals surface area contributed by atoms with Crippen LogP contribution >= 0.6 is 0 Å². The molecule has 31 heavy (non-hydrogen) atoms. The van der Waals surface area contributed by atoms with Crippen molar-refractivity contribution < 1.29 is 14.3 Å². The lowest BCUT2D eigenvalue weighted by Gasteiger charge is -2.28. The number of carbonyl (C=O) groups is 2. The highest BCUT2D eigenvalue weighted by atomic mass is 16.5. The smallest absolute Gasteiger partial charge is 0.338 e. The Hall–Kier alpha value is -3.79. The zero-order valence-electron chi connectivity index (χ0n) is 17.6. The quantitative estimate of drug-likeness (QED) is 0.395. The third-order valence-corrected chi connectivity index (χ3v) is 4.99. The van der Waals surface area contributed by atoms with E-state index < -0.39 is 11.9 Å². The Morgan fingerprint density at radius 2 is 1.68 bits per heavy atom. The molecule has 0 spiro atoms. The maximum Gasteiger partial charge on any atom is 0.338 e. The first-order valence-corrected chi connectivity index (χ1v) is 10.4. The molecule has 0 unspecified atom stereocenters. The fraction of sp³-hybridized carbons (Fsp3) is 0.292. The van der Waals surface area contributed by atoms with Gasteiger partial charge in [0.05, 0.1) is 12.2 Å². The molecule has 7 nitrogen and oxygen atoms in total. The number of hydrogen-bond acceptors (Lipinski definition) is 6. The molecule has 0 atom stereocenters. The van der Waals surface area contributed by atoms with Crippen molar-refractivity contribution in [3.8, 4) is 6.07 Å². The van der Waals surface area contributed by atoms with E-state index in [-0.39, 0.29) is 5.57 Å². The molecule has 1 heterocycles. The van der Waals surface area contributed by atoms with Gasteiger partial charge in [-0.3, -0.25) is 4.79 Å². The summed E-state index contributed by atoms with van der Waals surface area (Å²) >= 11 is 0. The second kappa shape index (κ2) is 10.8. The Balaban J connectivity index is 1.58. The number of rotatable bonds is 7. The van der Waals surface area contributed by atoms with Crippen molar-refractivity contribution in [3.05, 3.63) is 65.9 Å². The van der Waals surface area contributed by atoms with Gasteiger partial charge in [0.25, 0.3) is 5.91 Å². The molecule has 2 N–H and O–H groups in total. The van der Waals surface area contributed by atoms with Crippen LogP contribution in [0.2, 0.25) is 0 Å². The van der Waals surface area contributed by atoms with Gasteiger partial charge < -0.3 is 20.3 Å². The maximum atomic E-state index is 12.4. The minimum Gasteiger partial charge on any atom is -0.462 e. The van der Waals surface area contributed by atoms with E-state index in [0.29, 0.717) is 17.9 Å². The second-order valence-electron chi connectivity index (χ2n) is 7.16. The van der Waals surface area contributed by atoms with Crippen LogP contribution in [0.5, 0.6) is 0 Å². The van der Waals surface area contributed by atoms with Crippen LogP contribution in [-0.2, 0) is 9.53 Å². The van der Waals surface area contributed by atoms with Crippen molar-refractivity contribution in [3.63, 3.8) is 0 Å². The molecule has 1 aliphatic heterocycles. The molecule has 0 saturated carbocycles. The summed E-state index contributed by atoms with van der Waals surface area (Å²) < 4.78 is 4.93. The van der Waals surface area contributed by atoms with Gasteiger partial charge in [0.2, 0.25) is 0 Å². The van der Waals surface area contributed by atoms with Gasteiger partial charge in [0.15, 0.2) is 0 Å². The van der Waals surface area contributed by atoms with Gasteiger partial charge in [-0.15, -0.1) is 0 Å². The van der Waals surface area contributed by atoms with Crippen LogP contribution in [0, 0.1) is 11.3 Å². The SMILES string of the molecule is CCOC(=O)c1ccc(NC(=O)/C(C#N)=C\Nc2ccc(N3CCCCC3)cc2)cc1. The molecule has 160 valence electrons. The number of nitrogens with zero attached hydrogens (tertiary/aromatic N) is 2. The van der Waals surface area contributed by atoms with Crippen LogP contribution < -0.4 is 15.5 Å². The van der Waals surface area contributed by atoms with Gasteiger partial charge in [0, 0.05) is 36.4 Å². The molecular weight excluding hydrogens is 392 g/mol. The number of piperidine rings is 1. The molecular formula is C24H26N4O3. The summed E-state index contributed by atoms with van der Waals surface area (Å²) in [7, 11) is 0. The summed E-state index contributed by atoms with van der Waals surface area (Å²) in [5, 5.41) is 15.0. The molecule has 0 bridgehead atoms. The average molecular weight is 418 g/mol. The van der Waals surface area contributed by atoms with Crippen molar-refractivity contribution in [2.75, 3.05) is 35.2 Å². The summed E-state index contributed by atoms with van der Waals surface area (Å²) in [6.07, 6.45) is 5.11. The lowest BCUT2D eigenvalue weighted by Crippen LogP contribution is -2.29. The lowest BCUT2D eigenvalue weighted by molar-refractivity contribution is -0.112. The van der Waals surface area contributed by atoms with E-state index in [2.05, 4.69) is 15.5 Å². The largest absolute Gasteiger partial charge is 0.462 e. The van der Waals surface area contributed by atoms with E-state index in [1.807, 2.05) is 30.3 Å². The highest BCUT2D eigenvalue weighted by molar-refractivity contribution is 6.06. The average Bonchev–Trinajstić information content (AvgIpc) is 2.81. The molecule has 1 amide bonds. The molecule has 0 radical (unpaired) electrons. The molecule has 7 heteroatoms. The lowest BCUT2D eigenvalue weighted by atomic mass is 10.1. The minimum atomic E-state index is -0.538. The van der Waals surface area contributed by atoms with Crippen molar-refractivity contribution in [2.45, 2.75) is 26.2 Å². The number of benzene rings is 2. The molecule has 0 aliphatic carbocycles. The number of ether oxygens (including phenoxy) is 1. The monoisotopic (exact) mass is 418 g/mol. The number of hydrogen-bond donors (Lipinski definition) is 2. The molecule has 1 saturated heterocycles. The summed E-state index contributed by atoms with van der Waals surface area (Å²) in [6, 6.07) is 16.2. The van der Waals surface area contributed by atoms with Crippen molar-refractivity contribution in [1.82, 2.24) is 0 Å². The zero-order valence-corrected chi connectivity index (χ0v) is 17.6. The van der Waals surface area contributed by atoms with Gasteiger partial charge in [-0.2, -0.15) is 5.26 Å². The summed E-state index contributed by atoms with van der Waals surface area (Å²) in [6.45, 7) is 4.18. The Labute approximate surface area is 182 Å². The Morgan fingerprint density at radius 3 is 2.29 bits per heavy atom. The number of nitriles is 1. The van der Waals surface area contributed by atoms with Gasteiger partial charge in [-0.25, -0.2) is 4.79 Å². The first-order chi connectivity index (χ1) is 15.1. The Bertz CT molecular complexity index is 969. The van der Waals surface area contributed by atoms with Crippen molar-refractivity contribution in [2.24, 2.45) is 0 Å². The van der Waals surface area contributed by atoms with Gasteiger partial charge in [0.1, 0.15) is 11.6 Å². The number of anilines is 3. The first kappa shape index (κ1) is 21.9. The maximum absolute atomic E-state index is 12.4. The van der Waals surface area contributed by atoms with E-state index >= 15 is 0 Å². The van der Waals surface area contributed by atoms with Gasteiger partial charge >= 0.3 is 5.97 Å². The van der Waals surface area contributed by atoms with Gasteiger partial charge in [-0.1, -0.05) is 0 Å². The van der Waals surface area contributed by atoms with E-state index in [1.54, 1.807) is 31.2 Å². The molecule has 0 aromatic heterocycles. The van der Waals surface area contributed by atoms with Crippen LogP contribution in [0.3, 0.4) is 0 Å². The fourth-order valence-corrected chi connectivity index (χ4v) is 3.33. The summed E-state index contributed by atoms with van der Waals surface area (Å²) in [5.74, 6) is -0.961. The molecule has 3 rings (SSSR count). The molecule has 1 aliphatic rings. The fourth-order valence-electron chi connectivity index (χ4n) is 3.33. The van der Waals surface area contributed by atoms with Crippen LogP contribution in [0.4, 0.5) is 17.1 Å². The number of amides is 1. The second-order valence-corrected chi connectivity index (χ2v) is 7.16. The molecule has 1 fully saturated rings. The van der Waals surface area contributed by atoms with E-state index in [0.717, 1.165) is 18.8 Å². The van der Waals surface area contributed by atoms with E-state index in [1.165, 1.54) is 31.1 Å². The van der Waals surface area contributed by atoms with Crippen molar-refractivity contribution >= 4 is 28.9 Å². The van der Waals surface area contributed by atoms with Crippen LogP contribution in [0.25, 0.3) is 0 Å². The predicted octanol–water partition coefficient (Wildman–Crippen LogP) is 4.31. The first-order valence-electron chi connectivity index (χ1n) is 10.4. The van der Waals surface area contributed by atoms with Crippen LogP contribution in [0.1, 0.15) is 36.5 Å². The van der Waals surface area contributed by atoms with E-state index in [9.17, 15) is 14.9 Å². The topological polar surface area (TPSA) is 94.5 Å². The number of carbonyl (C=O) groups excluding carboxylic acids is 2. The Kier molecular flexibility index (Phi) is 7.66. The zero-order chi connectivity index (χ0) is 22.1. The third kappa shape index (κ3) is 6.09. The number of esters is 1.